The van der Waals surface area contributed by atoms with Gasteiger partial charge in [-0.3, -0.25) is 4.90 Å². The molecule has 1 saturated heterocycles. The van der Waals surface area contributed by atoms with Crippen molar-refractivity contribution in [3.8, 4) is 0 Å². The van der Waals surface area contributed by atoms with Gasteiger partial charge in [-0.25, -0.2) is 4.79 Å². The molecule has 1 N–H and O–H groups in total. The van der Waals surface area contributed by atoms with Crippen LogP contribution in [0.1, 0.15) is 37.0 Å². The predicted molar refractivity (Wildman–Crippen MR) is 101 cm³/mol. The highest BCUT2D eigenvalue weighted by atomic mass is 35.5. The van der Waals surface area contributed by atoms with Gasteiger partial charge in [0.25, 0.3) is 0 Å². The summed E-state index contributed by atoms with van der Waals surface area (Å²) in [5.74, 6) is 0. The molecule has 0 bridgehead atoms. The number of allylic oxidation sites excluding steroid dienone is 1. The van der Waals surface area contributed by atoms with E-state index in [0.717, 1.165) is 50.0 Å². The number of amides is 2. The van der Waals surface area contributed by atoms with E-state index in [2.05, 4.69) is 22.4 Å². The van der Waals surface area contributed by atoms with E-state index in [0.29, 0.717) is 0 Å². The maximum Gasteiger partial charge on any atom is 0.317 e. The minimum absolute atomic E-state index is 0.0882. The molecule has 1 fully saturated rings. The molecule has 2 amide bonds. The van der Waals surface area contributed by atoms with Crippen LogP contribution >= 0.6 is 22.9 Å². The number of carbonyl (C=O) groups excluding carboxylic acids is 1. The lowest BCUT2D eigenvalue weighted by Gasteiger charge is -2.34. The Balaban J connectivity index is 1.34. The molecule has 0 saturated carbocycles. The van der Waals surface area contributed by atoms with E-state index in [-0.39, 0.29) is 6.03 Å². The summed E-state index contributed by atoms with van der Waals surface area (Å²) in [6.07, 6.45) is 8.40. The number of hydrogen-bond donors (Lipinski definition) is 1. The van der Waals surface area contributed by atoms with Gasteiger partial charge >= 0.3 is 6.03 Å². The number of hydrogen-bond acceptors (Lipinski definition) is 3. The van der Waals surface area contributed by atoms with Gasteiger partial charge in [0.05, 0.1) is 4.34 Å². The minimum Gasteiger partial charge on any atom is -0.338 e. The molecule has 0 atom stereocenters. The topological polar surface area (TPSA) is 35.6 Å². The molecular weight excluding hydrogens is 342 g/mol. The molecule has 1 aliphatic carbocycles. The number of rotatable bonds is 5. The lowest BCUT2D eigenvalue weighted by Crippen LogP contribution is -2.51. The molecule has 2 aliphatic rings. The highest BCUT2D eigenvalue weighted by Crippen LogP contribution is 2.23. The van der Waals surface area contributed by atoms with Gasteiger partial charge < -0.3 is 10.2 Å². The number of piperazine rings is 1. The van der Waals surface area contributed by atoms with Crippen molar-refractivity contribution in [1.29, 1.82) is 0 Å². The van der Waals surface area contributed by atoms with Crippen molar-refractivity contribution < 1.29 is 4.79 Å². The quantitative estimate of drug-likeness (QED) is 0.794. The summed E-state index contributed by atoms with van der Waals surface area (Å²) < 4.78 is 0.844. The lowest BCUT2D eigenvalue weighted by atomic mass is 9.97. The van der Waals surface area contributed by atoms with E-state index >= 15 is 0 Å². The van der Waals surface area contributed by atoms with E-state index in [1.807, 2.05) is 11.0 Å². The maximum absolute atomic E-state index is 12.3. The van der Waals surface area contributed by atoms with Crippen molar-refractivity contribution >= 4 is 29.0 Å². The van der Waals surface area contributed by atoms with Crippen LogP contribution in [0.25, 0.3) is 0 Å². The number of nitrogens with one attached hydrogen (secondary N) is 1. The van der Waals surface area contributed by atoms with Crippen LogP contribution in [0, 0.1) is 0 Å². The molecule has 6 heteroatoms. The number of nitrogens with zero attached hydrogens (tertiary/aromatic N) is 2. The Bertz CT molecular complexity index is 579. The van der Waals surface area contributed by atoms with Crippen molar-refractivity contribution in [2.45, 2.75) is 38.6 Å². The second-order valence-corrected chi connectivity index (χ2v) is 8.36. The zero-order valence-corrected chi connectivity index (χ0v) is 15.7. The van der Waals surface area contributed by atoms with E-state index < -0.39 is 0 Å². The standard InChI is InChI=1S/C18H26ClN3OS/c19-17-7-6-16(24-17)14-21-10-12-22(13-11-21)18(23)20-9-8-15-4-2-1-3-5-15/h4,6-7H,1-3,5,8-14H2,(H,20,23). The molecular formula is C18H26ClN3OS. The first-order valence-electron chi connectivity index (χ1n) is 8.88. The molecule has 0 unspecified atom stereocenters. The van der Waals surface area contributed by atoms with Crippen LogP contribution in [-0.2, 0) is 6.54 Å². The lowest BCUT2D eigenvalue weighted by molar-refractivity contribution is 0.136. The van der Waals surface area contributed by atoms with Crippen molar-refractivity contribution in [2.24, 2.45) is 0 Å². The minimum atomic E-state index is 0.0882. The third kappa shape index (κ3) is 5.23. The Labute approximate surface area is 153 Å². The number of thiophene rings is 1. The van der Waals surface area contributed by atoms with E-state index in [1.54, 1.807) is 11.3 Å². The Morgan fingerprint density at radius 3 is 2.71 bits per heavy atom. The second kappa shape index (κ2) is 8.88. The van der Waals surface area contributed by atoms with Gasteiger partial charge in [0.2, 0.25) is 0 Å². The zero-order valence-electron chi connectivity index (χ0n) is 14.1. The van der Waals surface area contributed by atoms with Crippen molar-refractivity contribution in [1.82, 2.24) is 15.1 Å². The number of urea groups is 1. The first-order chi connectivity index (χ1) is 11.7. The molecule has 1 aliphatic heterocycles. The highest BCUT2D eigenvalue weighted by Gasteiger charge is 2.21. The Kier molecular flexibility index (Phi) is 6.58. The van der Waals surface area contributed by atoms with Crippen molar-refractivity contribution in [3.05, 3.63) is 33.0 Å². The first kappa shape index (κ1) is 17.8. The molecule has 3 rings (SSSR count). The molecule has 0 aromatic carbocycles. The van der Waals surface area contributed by atoms with Gasteiger partial charge in [-0.1, -0.05) is 23.3 Å². The molecule has 1 aromatic rings. The van der Waals surface area contributed by atoms with Crippen LogP contribution in [0.2, 0.25) is 4.34 Å². The monoisotopic (exact) mass is 367 g/mol. The van der Waals surface area contributed by atoms with Crippen LogP contribution in [0.15, 0.2) is 23.8 Å². The average molecular weight is 368 g/mol. The third-order valence-electron chi connectivity index (χ3n) is 4.78. The van der Waals surface area contributed by atoms with Gasteiger partial charge in [-0.2, -0.15) is 0 Å². The fourth-order valence-electron chi connectivity index (χ4n) is 3.34. The summed E-state index contributed by atoms with van der Waals surface area (Å²) in [7, 11) is 0. The van der Waals surface area contributed by atoms with Gasteiger partial charge in [-0.15, -0.1) is 11.3 Å². The van der Waals surface area contributed by atoms with Crippen LogP contribution < -0.4 is 5.32 Å². The third-order valence-corrected chi connectivity index (χ3v) is 5.99. The van der Waals surface area contributed by atoms with Gasteiger partial charge in [-0.05, 0) is 44.2 Å². The average Bonchev–Trinajstić information content (AvgIpc) is 3.01. The molecule has 24 heavy (non-hydrogen) atoms. The van der Waals surface area contributed by atoms with E-state index in [9.17, 15) is 4.79 Å². The Morgan fingerprint density at radius 2 is 2.04 bits per heavy atom. The molecule has 0 spiro atoms. The zero-order chi connectivity index (χ0) is 16.8. The first-order valence-corrected chi connectivity index (χ1v) is 10.1. The summed E-state index contributed by atoms with van der Waals surface area (Å²) >= 11 is 7.62. The Hall–Kier alpha value is -1.04. The van der Waals surface area contributed by atoms with Crippen LogP contribution in [0.5, 0.6) is 0 Å². The van der Waals surface area contributed by atoms with Gasteiger partial charge in [0.1, 0.15) is 0 Å². The van der Waals surface area contributed by atoms with Gasteiger partial charge in [0.15, 0.2) is 0 Å². The summed E-state index contributed by atoms with van der Waals surface area (Å²) in [5, 5.41) is 3.08. The summed E-state index contributed by atoms with van der Waals surface area (Å²) in [6.45, 7) is 5.14. The molecule has 1 aromatic heterocycles. The molecule has 132 valence electrons. The summed E-state index contributed by atoms with van der Waals surface area (Å²) in [6, 6.07) is 4.13. The largest absolute Gasteiger partial charge is 0.338 e. The molecule has 4 nitrogen and oxygen atoms in total. The van der Waals surface area contributed by atoms with Gasteiger partial charge in [0, 0.05) is 44.1 Å². The summed E-state index contributed by atoms with van der Waals surface area (Å²) in [4.78, 5) is 17.9. The van der Waals surface area contributed by atoms with Crippen molar-refractivity contribution in [3.63, 3.8) is 0 Å². The highest BCUT2D eigenvalue weighted by molar-refractivity contribution is 7.16. The predicted octanol–water partition coefficient (Wildman–Crippen LogP) is 4.12. The fraction of sp³-hybridized carbons (Fsp3) is 0.611. The second-order valence-electron chi connectivity index (χ2n) is 6.56. The SMILES string of the molecule is O=C(NCCC1=CCCCC1)N1CCN(Cc2ccc(Cl)s2)CC1. The van der Waals surface area contributed by atoms with E-state index in [1.165, 1.54) is 36.1 Å². The number of halogens is 1. The number of carbonyl (C=O) groups is 1. The fourth-order valence-corrected chi connectivity index (χ4v) is 4.47. The summed E-state index contributed by atoms with van der Waals surface area (Å²) in [5.41, 5.74) is 1.51. The van der Waals surface area contributed by atoms with Crippen molar-refractivity contribution in [2.75, 3.05) is 32.7 Å². The van der Waals surface area contributed by atoms with Crippen LogP contribution in [0.3, 0.4) is 0 Å². The molecule has 0 radical (unpaired) electrons. The van der Waals surface area contributed by atoms with Crippen LogP contribution in [0.4, 0.5) is 4.79 Å². The van der Waals surface area contributed by atoms with Crippen LogP contribution in [-0.4, -0.2) is 48.6 Å². The van der Waals surface area contributed by atoms with E-state index in [4.69, 9.17) is 11.6 Å². The molecule has 2 heterocycles. The normalized spacial score (nSPS) is 19.2. The smallest absolute Gasteiger partial charge is 0.317 e. The Morgan fingerprint density at radius 1 is 1.21 bits per heavy atom. The maximum atomic E-state index is 12.3.